The topological polar surface area (TPSA) is 110 Å². The van der Waals surface area contributed by atoms with Crippen LogP contribution in [0, 0.1) is 17.0 Å². The number of aryl methyl sites for hydroxylation is 2. The maximum Gasteiger partial charge on any atom is 0.290 e. The van der Waals surface area contributed by atoms with Crippen molar-refractivity contribution in [2.24, 2.45) is 0 Å². The van der Waals surface area contributed by atoms with E-state index in [1.165, 1.54) is 12.5 Å². The molecule has 0 aliphatic rings. The number of aromatic amines is 1. The number of anilines is 1. The fourth-order valence-corrected chi connectivity index (χ4v) is 1.66. The van der Waals surface area contributed by atoms with Gasteiger partial charge < -0.3 is 5.32 Å². The summed E-state index contributed by atoms with van der Waals surface area (Å²) in [4.78, 5) is 18.2. The van der Waals surface area contributed by atoms with Crippen molar-refractivity contribution in [1.82, 2.24) is 20.2 Å². The monoisotopic (exact) mass is 262 g/mol. The summed E-state index contributed by atoms with van der Waals surface area (Å²) in [5, 5.41) is 20.3. The van der Waals surface area contributed by atoms with E-state index in [1.807, 2.05) is 0 Å². The maximum atomic E-state index is 10.7. The first-order valence-corrected chi connectivity index (χ1v) is 5.86. The van der Waals surface area contributed by atoms with Gasteiger partial charge >= 0.3 is 0 Å². The summed E-state index contributed by atoms with van der Waals surface area (Å²) in [6.45, 7) is 2.41. The SMILES string of the molecule is Cc1cc(NCCCc2ncn[nH]2)ncc1[N+](=O)[O-]. The predicted molar refractivity (Wildman–Crippen MR) is 68.8 cm³/mol. The van der Waals surface area contributed by atoms with E-state index < -0.39 is 4.92 Å². The molecule has 8 nitrogen and oxygen atoms in total. The Morgan fingerprint density at radius 2 is 2.32 bits per heavy atom. The van der Waals surface area contributed by atoms with E-state index in [-0.39, 0.29) is 5.69 Å². The lowest BCUT2D eigenvalue weighted by molar-refractivity contribution is -0.385. The second-order valence-corrected chi connectivity index (χ2v) is 4.08. The second-order valence-electron chi connectivity index (χ2n) is 4.08. The van der Waals surface area contributed by atoms with Gasteiger partial charge in [-0.15, -0.1) is 0 Å². The highest BCUT2D eigenvalue weighted by Crippen LogP contribution is 2.18. The third-order valence-electron chi connectivity index (χ3n) is 2.64. The van der Waals surface area contributed by atoms with E-state index in [0.717, 1.165) is 18.7 Å². The third kappa shape index (κ3) is 3.47. The zero-order chi connectivity index (χ0) is 13.7. The summed E-state index contributed by atoms with van der Waals surface area (Å²) in [5.41, 5.74) is 0.630. The Hall–Kier alpha value is -2.51. The molecule has 2 aromatic rings. The summed E-state index contributed by atoms with van der Waals surface area (Å²) in [7, 11) is 0. The normalized spacial score (nSPS) is 10.4. The number of nitrogens with zero attached hydrogens (tertiary/aromatic N) is 4. The predicted octanol–water partition coefficient (Wildman–Crippen LogP) is 1.46. The van der Waals surface area contributed by atoms with E-state index in [4.69, 9.17) is 0 Å². The molecule has 100 valence electrons. The molecule has 0 aromatic carbocycles. The molecule has 2 heterocycles. The number of H-pyrrole nitrogens is 1. The number of rotatable bonds is 6. The molecule has 0 unspecified atom stereocenters. The molecular formula is C11H14N6O2. The van der Waals surface area contributed by atoms with Crippen LogP contribution in [0.3, 0.4) is 0 Å². The van der Waals surface area contributed by atoms with Crippen LogP contribution in [0.4, 0.5) is 11.5 Å². The van der Waals surface area contributed by atoms with Crippen LogP contribution >= 0.6 is 0 Å². The fourth-order valence-electron chi connectivity index (χ4n) is 1.66. The van der Waals surface area contributed by atoms with E-state index in [9.17, 15) is 10.1 Å². The van der Waals surface area contributed by atoms with Crippen LogP contribution in [0.15, 0.2) is 18.6 Å². The zero-order valence-corrected chi connectivity index (χ0v) is 10.5. The molecule has 0 atom stereocenters. The van der Waals surface area contributed by atoms with Gasteiger partial charge in [-0.05, 0) is 19.4 Å². The number of hydrogen-bond donors (Lipinski definition) is 2. The molecule has 0 aliphatic heterocycles. The first-order chi connectivity index (χ1) is 9.16. The minimum absolute atomic E-state index is 0.0345. The molecule has 0 saturated carbocycles. The lowest BCUT2D eigenvalue weighted by atomic mass is 10.2. The minimum atomic E-state index is -0.435. The Bertz CT molecular complexity index is 554. The average molecular weight is 262 g/mol. The Morgan fingerprint density at radius 3 is 2.95 bits per heavy atom. The largest absolute Gasteiger partial charge is 0.370 e. The van der Waals surface area contributed by atoms with Crippen LogP contribution in [0.2, 0.25) is 0 Å². The Kier molecular flexibility index (Phi) is 4.01. The van der Waals surface area contributed by atoms with Gasteiger partial charge in [-0.25, -0.2) is 9.97 Å². The van der Waals surface area contributed by atoms with Gasteiger partial charge in [-0.2, -0.15) is 5.10 Å². The standard InChI is InChI=1S/C11H14N6O2/c1-8-5-11(13-6-9(8)17(18)19)12-4-2-3-10-14-7-15-16-10/h5-7H,2-4H2,1H3,(H,12,13)(H,14,15,16). The Labute approximate surface area is 109 Å². The van der Waals surface area contributed by atoms with Crippen molar-refractivity contribution < 1.29 is 4.92 Å². The Morgan fingerprint density at radius 1 is 1.47 bits per heavy atom. The van der Waals surface area contributed by atoms with Gasteiger partial charge in [0.1, 0.15) is 24.2 Å². The Balaban J connectivity index is 1.83. The number of aromatic nitrogens is 4. The van der Waals surface area contributed by atoms with Crippen molar-refractivity contribution in [3.05, 3.63) is 40.1 Å². The average Bonchev–Trinajstić information content (AvgIpc) is 2.87. The van der Waals surface area contributed by atoms with Crippen molar-refractivity contribution in [3.63, 3.8) is 0 Å². The van der Waals surface area contributed by atoms with Crippen LogP contribution in [0.5, 0.6) is 0 Å². The summed E-state index contributed by atoms with van der Waals surface area (Å²) in [5.74, 6) is 1.48. The van der Waals surface area contributed by atoms with Crippen molar-refractivity contribution in [2.45, 2.75) is 19.8 Å². The van der Waals surface area contributed by atoms with E-state index >= 15 is 0 Å². The highest BCUT2D eigenvalue weighted by atomic mass is 16.6. The van der Waals surface area contributed by atoms with Crippen molar-refractivity contribution >= 4 is 11.5 Å². The first-order valence-electron chi connectivity index (χ1n) is 5.86. The van der Waals surface area contributed by atoms with Gasteiger partial charge in [0.15, 0.2) is 0 Å². The van der Waals surface area contributed by atoms with Crippen molar-refractivity contribution in [3.8, 4) is 0 Å². The number of hydrogen-bond acceptors (Lipinski definition) is 6. The van der Waals surface area contributed by atoms with E-state index in [0.29, 0.717) is 17.9 Å². The highest BCUT2D eigenvalue weighted by molar-refractivity contribution is 5.46. The van der Waals surface area contributed by atoms with E-state index in [1.54, 1.807) is 13.0 Å². The molecule has 2 N–H and O–H groups in total. The summed E-state index contributed by atoms with van der Waals surface area (Å²) in [6.07, 6.45) is 4.41. The van der Waals surface area contributed by atoms with Gasteiger partial charge in [0, 0.05) is 18.5 Å². The smallest absolute Gasteiger partial charge is 0.290 e. The van der Waals surface area contributed by atoms with Crippen LogP contribution in [0.1, 0.15) is 17.8 Å². The van der Waals surface area contributed by atoms with E-state index in [2.05, 4.69) is 25.5 Å². The van der Waals surface area contributed by atoms with Gasteiger partial charge in [-0.3, -0.25) is 15.2 Å². The number of pyridine rings is 1. The molecule has 0 bridgehead atoms. The summed E-state index contributed by atoms with van der Waals surface area (Å²) in [6, 6.07) is 1.67. The third-order valence-corrected chi connectivity index (χ3v) is 2.64. The molecule has 0 aliphatic carbocycles. The molecule has 0 saturated heterocycles. The van der Waals surface area contributed by atoms with Crippen molar-refractivity contribution in [2.75, 3.05) is 11.9 Å². The molecule has 2 rings (SSSR count). The number of nitro groups is 1. The first kappa shape index (κ1) is 12.9. The lowest BCUT2D eigenvalue weighted by Gasteiger charge is -2.05. The fraction of sp³-hybridized carbons (Fsp3) is 0.364. The van der Waals surface area contributed by atoms with Crippen molar-refractivity contribution in [1.29, 1.82) is 0 Å². The maximum absolute atomic E-state index is 10.7. The summed E-state index contributed by atoms with van der Waals surface area (Å²) < 4.78 is 0. The molecule has 0 fully saturated rings. The van der Waals surface area contributed by atoms with Gasteiger partial charge in [-0.1, -0.05) is 0 Å². The van der Waals surface area contributed by atoms with Gasteiger partial charge in [0.25, 0.3) is 5.69 Å². The molecule has 2 aromatic heterocycles. The van der Waals surface area contributed by atoms with Crippen LogP contribution < -0.4 is 5.32 Å². The summed E-state index contributed by atoms with van der Waals surface area (Å²) >= 11 is 0. The molecule has 0 amide bonds. The van der Waals surface area contributed by atoms with Gasteiger partial charge in [0.2, 0.25) is 0 Å². The van der Waals surface area contributed by atoms with Crippen LogP contribution in [-0.2, 0) is 6.42 Å². The number of nitrogens with one attached hydrogen (secondary N) is 2. The molecule has 0 radical (unpaired) electrons. The molecule has 19 heavy (non-hydrogen) atoms. The molecule has 0 spiro atoms. The van der Waals surface area contributed by atoms with Gasteiger partial charge in [0.05, 0.1) is 4.92 Å². The highest BCUT2D eigenvalue weighted by Gasteiger charge is 2.10. The quantitative estimate of drug-likeness (QED) is 0.463. The second kappa shape index (κ2) is 5.89. The zero-order valence-electron chi connectivity index (χ0n) is 10.5. The molecule has 8 heteroatoms. The van der Waals surface area contributed by atoms with Crippen LogP contribution in [-0.4, -0.2) is 31.6 Å². The minimum Gasteiger partial charge on any atom is -0.370 e. The van der Waals surface area contributed by atoms with Crippen LogP contribution in [0.25, 0.3) is 0 Å². The molecular weight excluding hydrogens is 248 g/mol. The lowest BCUT2D eigenvalue weighted by Crippen LogP contribution is -2.06.